The van der Waals surface area contributed by atoms with Gasteiger partial charge in [0.1, 0.15) is 5.65 Å². The van der Waals surface area contributed by atoms with Gasteiger partial charge in [0, 0.05) is 59.7 Å². The molecule has 1 amide bonds. The van der Waals surface area contributed by atoms with Gasteiger partial charge in [0.15, 0.2) is 0 Å². The maximum absolute atomic E-state index is 11.1. The number of rotatable bonds is 3. The Kier molecular flexibility index (Phi) is 4.27. The number of pyridine rings is 2. The Bertz CT molecular complexity index is 1200. The van der Waals surface area contributed by atoms with Gasteiger partial charge in [0.05, 0.1) is 5.52 Å². The van der Waals surface area contributed by atoms with Crippen molar-refractivity contribution in [3.8, 4) is 11.1 Å². The molecule has 1 saturated heterocycles. The van der Waals surface area contributed by atoms with E-state index in [1.807, 2.05) is 30.6 Å². The average molecular weight is 387 g/mol. The fourth-order valence-corrected chi connectivity index (χ4v) is 4.26. The topological polar surface area (TPSA) is 94.1 Å². The second-order valence-corrected chi connectivity index (χ2v) is 7.40. The molecule has 7 heteroatoms. The van der Waals surface area contributed by atoms with E-state index in [4.69, 9.17) is 5.11 Å². The van der Waals surface area contributed by atoms with Crippen LogP contribution in [0.1, 0.15) is 12.8 Å². The van der Waals surface area contributed by atoms with E-state index >= 15 is 0 Å². The highest BCUT2D eigenvalue weighted by Gasteiger charge is 2.23. The zero-order chi connectivity index (χ0) is 19.8. The fraction of sp³-hybridized carbons (Fsp3) is 0.227. The van der Waals surface area contributed by atoms with E-state index in [2.05, 4.69) is 43.4 Å². The summed E-state index contributed by atoms with van der Waals surface area (Å²) in [6.07, 6.45) is 6.43. The number of hydrogen-bond donors (Lipinski definition) is 3. The number of nitrogens with zero attached hydrogens (tertiary/aromatic N) is 3. The molecule has 146 valence electrons. The number of H-pyrrole nitrogens is 1. The molecule has 4 aromatic rings. The number of anilines is 1. The average Bonchev–Trinajstić information content (AvgIpc) is 3.17. The van der Waals surface area contributed by atoms with Gasteiger partial charge in [0.25, 0.3) is 0 Å². The molecule has 1 fully saturated rings. The highest BCUT2D eigenvalue weighted by molar-refractivity contribution is 5.99. The molecule has 4 heterocycles. The summed E-state index contributed by atoms with van der Waals surface area (Å²) >= 11 is 0. The molecule has 0 spiro atoms. The molecule has 5 rings (SSSR count). The van der Waals surface area contributed by atoms with Crippen molar-refractivity contribution in [3.63, 3.8) is 0 Å². The largest absolute Gasteiger partial charge is 0.465 e. The summed E-state index contributed by atoms with van der Waals surface area (Å²) in [5.41, 5.74) is 5.09. The van der Waals surface area contributed by atoms with Crippen LogP contribution in [-0.4, -0.2) is 45.3 Å². The van der Waals surface area contributed by atoms with Crippen LogP contribution in [0.4, 0.5) is 10.5 Å². The van der Waals surface area contributed by atoms with Crippen molar-refractivity contribution in [1.82, 2.24) is 20.3 Å². The van der Waals surface area contributed by atoms with E-state index < -0.39 is 6.09 Å². The van der Waals surface area contributed by atoms with Gasteiger partial charge in [-0.15, -0.1) is 0 Å². The smallest absolute Gasteiger partial charge is 0.404 e. The molecule has 1 aliphatic rings. The van der Waals surface area contributed by atoms with Crippen molar-refractivity contribution < 1.29 is 9.90 Å². The molecule has 7 nitrogen and oxygen atoms in total. The summed E-state index contributed by atoms with van der Waals surface area (Å²) < 4.78 is 0. The monoisotopic (exact) mass is 387 g/mol. The number of fused-ring (bicyclic) bond motifs is 2. The molecule has 0 unspecified atom stereocenters. The number of carbonyl (C=O) groups is 1. The van der Waals surface area contributed by atoms with Gasteiger partial charge < -0.3 is 20.3 Å². The molecule has 0 aliphatic carbocycles. The van der Waals surface area contributed by atoms with Crippen LogP contribution in [0.25, 0.3) is 33.1 Å². The Morgan fingerprint density at radius 3 is 3.00 bits per heavy atom. The van der Waals surface area contributed by atoms with Gasteiger partial charge in [-0.1, -0.05) is 6.07 Å². The van der Waals surface area contributed by atoms with Crippen LogP contribution in [0, 0.1) is 0 Å². The third-order valence-electron chi connectivity index (χ3n) is 5.57. The highest BCUT2D eigenvalue weighted by Crippen LogP contribution is 2.34. The minimum Gasteiger partial charge on any atom is -0.465 e. The number of benzene rings is 1. The van der Waals surface area contributed by atoms with Gasteiger partial charge in [0.2, 0.25) is 0 Å². The molecular weight excluding hydrogens is 366 g/mol. The molecule has 1 aliphatic heterocycles. The first-order chi connectivity index (χ1) is 14.2. The van der Waals surface area contributed by atoms with E-state index in [1.54, 1.807) is 6.20 Å². The molecule has 3 N–H and O–H groups in total. The third kappa shape index (κ3) is 3.24. The maximum atomic E-state index is 11.1. The number of nitrogens with one attached hydrogen (secondary N) is 2. The standard InChI is InChI=1S/C22H21N5O2/c28-22(29)26-15-3-2-10-27(13-15)20-7-9-23-19-6-5-14(11-17(19)20)18-12-25-21-16(18)4-1-8-24-21/h1,4-9,11-12,15,26H,2-3,10,13H2,(H,24,25)(H,28,29)/t15-/m0/s1. The number of aromatic amines is 1. The lowest BCUT2D eigenvalue weighted by Crippen LogP contribution is -2.47. The summed E-state index contributed by atoms with van der Waals surface area (Å²) in [4.78, 5) is 25.5. The first-order valence-electron chi connectivity index (χ1n) is 9.75. The van der Waals surface area contributed by atoms with Crippen LogP contribution in [0.15, 0.2) is 55.0 Å². The maximum Gasteiger partial charge on any atom is 0.404 e. The fourth-order valence-electron chi connectivity index (χ4n) is 4.26. The summed E-state index contributed by atoms with van der Waals surface area (Å²) in [6, 6.07) is 12.3. The van der Waals surface area contributed by atoms with Crippen LogP contribution in [-0.2, 0) is 0 Å². The number of carboxylic acid groups (broad SMARTS) is 1. The Balaban J connectivity index is 1.56. The van der Waals surface area contributed by atoms with Crippen molar-refractivity contribution in [2.75, 3.05) is 18.0 Å². The normalized spacial score (nSPS) is 17.0. The zero-order valence-electron chi connectivity index (χ0n) is 15.8. The van der Waals surface area contributed by atoms with Crippen LogP contribution < -0.4 is 10.2 Å². The minimum absolute atomic E-state index is 0.0626. The van der Waals surface area contributed by atoms with Crippen LogP contribution >= 0.6 is 0 Å². The van der Waals surface area contributed by atoms with Gasteiger partial charge >= 0.3 is 6.09 Å². The van der Waals surface area contributed by atoms with Gasteiger partial charge in [-0.2, -0.15) is 0 Å². The first-order valence-corrected chi connectivity index (χ1v) is 9.75. The van der Waals surface area contributed by atoms with E-state index in [0.29, 0.717) is 6.54 Å². The van der Waals surface area contributed by atoms with Crippen molar-refractivity contribution in [3.05, 3.63) is 55.0 Å². The number of aromatic nitrogens is 3. The first kappa shape index (κ1) is 17.5. The quantitative estimate of drug-likeness (QED) is 0.494. The summed E-state index contributed by atoms with van der Waals surface area (Å²) in [7, 11) is 0. The third-order valence-corrected chi connectivity index (χ3v) is 5.57. The van der Waals surface area contributed by atoms with Crippen molar-refractivity contribution >= 4 is 33.7 Å². The van der Waals surface area contributed by atoms with E-state index in [-0.39, 0.29) is 6.04 Å². The number of piperidine rings is 1. The molecular formula is C22H21N5O2. The lowest BCUT2D eigenvalue weighted by molar-refractivity contribution is 0.188. The zero-order valence-corrected chi connectivity index (χ0v) is 15.8. The van der Waals surface area contributed by atoms with Crippen LogP contribution in [0.2, 0.25) is 0 Å². The molecule has 0 bridgehead atoms. The highest BCUT2D eigenvalue weighted by atomic mass is 16.4. The molecule has 1 aromatic carbocycles. The van der Waals surface area contributed by atoms with Crippen molar-refractivity contribution in [2.24, 2.45) is 0 Å². The number of hydrogen-bond acceptors (Lipinski definition) is 4. The van der Waals surface area contributed by atoms with Gasteiger partial charge in [-0.3, -0.25) is 4.98 Å². The second kappa shape index (κ2) is 7.09. The van der Waals surface area contributed by atoms with Gasteiger partial charge in [-0.05, 0) is 48.7 Å². The molecule has 0 radical (unpaired) electrons. The predicted octanol–water partition coefficient (Wildman–Crippen LogP) is 4.01. The molecule has 29 heavy (non-hydrogen) atoms. The van der Waals surface area contributed by atoms with Crippen molar-refractivity contribution in [1.29, 1.82) is 0 Å². The Hall–Kier alpha value is -3.61. The molecule has 3 aromatic heterocycles. The summed E-state index contributed by atoms with van der Waals surface area (Å²) in [6.45, 7) is 1.56. The van der Waals surface area contributed by atoms with Crippen LogP contribution in [0.3, 0.4) is 0 Å². The van der Waals surface area contributed by atoms with Crippen LogP contribution in [0.5, 0.6) is 0 Å². The van der Waals surface area contributed by atoms with E-state index in [9.17, 15) is 4.79 Å². The minimum atomic E-state index is -0.966. The Morgan fingerprint density at radius 1 is 1.17 bits per heavy atom. The second-order valence-electron chi connectivity index (χ2n) is 7.40. The van der Waals surface area contributed by atoms with Crippen molar-refractivity contribution in [2.45, 2.75) is 18.9 Å². The predicted molar refractivity (Wildman–Crippen MR) is 113 cm³/mol. The summed E-state index contributed by atoms with van der Waals surface area (Å²) in [5.74, 6) is 0. The Morgan fingerprint density at radius 2 is 2.10 bits per heavy atom. The SMILES string of the molecule is O=C(O)N[C@H]1CCCN(c2ccnc3ccc(-c4c[nH]c5ncccc45)cc23)C1. The lowest BCUT2D eigenvalue weighted by Gasteiger charge is -2.34. The van der Waals surface area contributed by atoms with Gasteiger partial charge in [-0.25, -0.2) is 9.78 Å². The van der Waals surface area contributed by atoms with E-state index in [1.165, 1.54) is 0 Å². The molecule has 1 atom stereocenters. The summed E-state index contributed by atoms with van der Waals surface area (Å²) in [5, 5.41) is 13.9. The lowest BCUT2D eigenvalue weighted by atomic mass is 10.0. The molecule has 0 saturated carbocycles. The Labute approximate surface area is 167 Å². The van der Waals surface area contributed by atoms with E-state index in [0.717, 1.165) is 58.1 Å². The number of amides is 1.